The second-order valence-electron chi connectivity index (χ2n) is 7.30. The fourth-order valence-corrected chi connectivity index (χ4v) is 3.57. The predicted octanol–water partition coefficient (Wildman–Crippen LogP) is 6.37. The van der Waals surface area contributed by atoms with Crippen molar-refractivity contribution in [2.24, 2.45) is 7.05 Å². The molecule has 0 saturated carbocycles. The molecule has 134 valence electrons. The van der Waals surface area contributed by atoms with Crippen LogP contribution in [-0.2, 0) is 7.05 Å². The zero-order valence-corrected chi connectivity index (χ0v) is 16.3. The van der Waals surface area contributed by atoms with E-state index in [0.717, 1.165) is 44.3 Å². The Bertz CT molecular complexity index is 1340. The number of furan rings is 1. The van der Waals surface area contributed by atoms with Gasteiger partial charge >= 0.3 is 0 Å². The van der Waals surface area contributed by atoms with Crippen molar-refractivity contribution in [3.8, 4) is 11.3 Å². The highest BCUT2D eigenvalue weighted by Crippen LogP contribution is 2.39. The molecule has 3 nitrogen and oxygen atoms in total. The van der Waals surface area contributed by atoms with Crippen LogP contribution in [0.15, 0.2) is 47.0 Å². The van der Waals surface area contributed by atoms with Crippen LogP contribution in [-0.4, -0.2) is 0 Å². The Morgan fingerprint density at radius 1 is 1.11 bits per heavy atom. The lowest BCUT2D eigenvalue weighted by Crippen LogP contribution is -2.31. The number of nitrogens with zero attached hydrogens (tertiary/aromatic N) is 2. The molecule has 4 rings (SSSR count). The Labute approximate surface area is 162 Å². The molecule has 0 aliphatic heterocycles. The monoisotopic (exact) mass is 357 g/mol. The van der Waals surface area contributed by atoms with Gasteiger partial charge in [0.1, 0.15) is 19.6 Å². The molecule has 0 unspecified atom stereocenters. The molecule has 0 saturated heterocycles. The van der Waals surface area contributed by atoms with Crippen molar-refractivity contribution in [3.05, 3.63) is 70.7 Å². The van der Waals surface area contributed by atoms with E-state index in [4.69, 9.17) is 13.7 Å². The van der Waals surface area contributed by atoms with E-state index >= 15 is 0 Å². The predicted molar refractivity (Wildman–Crippen MR) is 110 cm³/mol. The van der Waals surface area contributed by atoms with Gasteiger partial charge in [-0.25, -0.2) is 9.41 Å². The first-order chi connectivity index (χ1) is 13.6. The number of rotatable bonds is 2. The van der Waals surface area contributed by atoms with Crippen molar-refractivity contribution in [1.29, 1.82) is 0 Å². The van der Waals surface area contributed by atoms with Crippen LogP contribution < -0.4 is 4.57 Å². The van der Waals surface area contributed by atoms with Crippen LogP contribution in [0.4, 0.5) is 5.69 Å². The third-order valence-corrected chi connectivity index (χ3v) is 5.19. The van der Waals surface area contributed by atoms with E-state index in [2.05, 4.69) is 17.0 Å². The average Bonchev–Trinajstić information content (AvgIpc) is 3.00. The van der Waals surface area contributed by atoms with Gasteiger partial charge in [-0.1, -0.05) is 32.0 Å². The molecule has 2 aromatic carbocycles. The second-order valence-corrected chi connectivity index (χ2v) is 7.30. The van der Waals surface area contributed by atoms with Crippen molar-refractivity contribution < 1.29 is 11.7 Å². The SMILES string of the molecule is [2H]c1cc(C([2H])(C)C)cc(-c2c(C)ccc3c2oc2cc([N+]#[C-])c(C)cc23)[n+]1C. The summed E-state index contributed by atoms with van der Waals surface area (Å²) >= 11 is 0. The topological polar surface area (TPSA) is 21.4 Å². The van der Waals surface area contributed by atoms with Crippen molar-refractivity contribution >= 4 is 27.6 Å². The van der Waals surface area contributed by atoms with E-state index in [1.807, 2.05) is 51.4 Å². The molecule has 0 aliphatic carbocycles. The van der Waals surface area contributed by atoms with Crippen LogP contribution in [0.5, 0.6) is 0 Å². The third-order valence-electron chi connectivity index (χ3n) is 5.19. The number of fused-ring (bicyclic) bond motifs is 3. The van der Waals surface area contributed by atoms with Gasteiger partial charge in [-0.15, -0.1) is 0 Å². The summed E-state index contributed by atoms with van der Waals surface area (Å²) in [4.78, 5) is 3.59. The fourth-order valence-electron chi connectivity index (χ4n) is 3.57. The lowest BCUT2D eigenvalue weighted by molar-refractivity contribution is -0.660. The van der Waals surface area contributed by atoms with Gasteiger partial charge in [-0.3, -0.25) is 0 Å². The molecule has 27 heavy (non-hydrogen) atoms. The van der Waals surface area contributed by atoms with Gasteiger partial charge in [0, 0.05) is 24.3 Å². The molecule has 0 amide bonds. The Hall–Kier alpha value is -3.12. The maximum Gasteiger partial charge on any atom is 0.216 e. The standard InChI is InChI=1S/C24H23N2O/c1-14(2)17-9-10-26(6)21(12-17)23-15(3)7-8-18-19-11-16(4)20(25-5)13-22(19)27-24(18)23/h7-14H,1-4,6H3/q+1/i10D,14D. The molecule has 4 aromatic rings. The molecular formula is C24H23N2O+. The lowest BCUT2D eigenvalue weighted by atomic mass is 9.97. The summed E-state index contributed by atoms with van der Waals surface area (Å²) in [6, 6.07) is 11.7. The maximum atomic E-state index is 8.43. The maximum absolute atomic E-state index is 8.43. The van der Waals surface area contributed by atoms with Crippen LogP contribution in [0.3, 0.4) is 0 Å². The normalized spacial score (nSPS) is 12.9. The van der Waals surface area contributed by atoms with Crippen LogP contribution >= 0.6 is 0 Å². The minimum absolute atomic E-state index is 0.344. The van der Waals surface area contributed by atoms with E-state index in [-0.39, 0.29) is 0 Å². The molecule has 3 heteroatoms. The first kappa shape index (κ1) is 15.0. The number of hydrogen-bond donors (Lipinski definition) is 0. The van der Waals surface area contributed by atoms with E-state index in [1.165, 1.54) is 0 Å². The molecule has 2 heterocycles. The fraction of sp³-hybridized carbons (Fsp3) is 0.250. The summed E-state index contributed by atoms with van der Waals surface area (Å²) in [5, 5.41) is 1.97. The molecule has 0 bridgehead atoms. The molecule has 2 aromatic heterocycles. The molecular weight excluding hydrogens is 332 g/mol. The van der Waals surface area contributed by atoms with E-state index in [1.54, 1.807) is 12.1 Å². The summed E-state index contributed by atoms with van der Waals surface area (Å²) in [5.74, 6) is -0.809. The highest BCUT2D eigenvalue weighted by molar-refractivity contribution is 6.10. The number of benzene rings is 2. The van der Waals surface area contributed by atoms with Crippen LogP contribution in [0.1, 0.15) is 39.2 Å². The molecule has 0 atom stereocenters. The number of pyridine rings is 1. The smallest absolute Gasteiger partial charge is 0.216 e. The highest BCUT2D eigenvalue weighted by Gasteiger charge is 2.22. The number of aromatic nitrogens is 1. The quantitative estimate of drug-likeness (QED) is 0.302. The summed E-state index contributed by atoms with van der Waals surface area (Å²) in [5.41, 5.74) is 6.54. The molecule has 0 fully saturated rings. The van der Waals surface area contributed by atoms with Crippen LogP contribution in [0.2, 0.25) is 0 Å². The second kappa shape index (κ2) is 6.25. The first-order valence-electron chi connectivity index (χ1n) is 9.97. The minimum Gasteiger partial charge on any atom is -0.456 e. The summed E-state index contributed by atoms with van der Waals surface area (Å²) in [7, 11) is 1.86. The van der Waals surface area contributed by atoms with E-state index < -0.39 is 5.89 Å². The van der Waals surface area contributed by atoms with Crippen LogP contribution in [0, 0.1) is 20.4 Å². The number of aryl methyl sites for hydroxylation is 2. The van der Waals surface area contributed by atoms with Gasteiger partial charge in [-0.05, 0) is 42.5 Å². The van der Waals surface area contributed by atoms with Crippen molar-refractivity contribution in [2.75, 3.05) is 0 Å². The molecule has 0 N–H and O–H groups in total. The van der Waals surface area contributed by atoms with Gasteiger partial charge in [0.05, 0.1) is 12.1 Å². The summed E-state index contributed by atoms with van der Waals surface area (Å²) in [6.07, 6.45) is 0.344. The Morgan fingerprint density at radius 3 is 2.59 bits per heavy atom. The first-order valence-corrected chi connectivity index (χ1v) is 8.97. The van der Waals surface area contributed by atoms with Gasteiger partial charge in [0.2, 0.25) is 5.69 Å². The van der Waals surface area contributed by atoms with Gasteiger partial charge in [0.15, 0.2) is 11.9 Å². The lowest BCUT2D eigenvalue weighted by Gasteiger charge is -2.09. The average molecular weight is 357 g/mol. The van der Waals surface area contributed by atoms with Crippen molar-refractivity contribution in [3.63, 3.8) is 0 Å². The highest BCUT2D eigenvalue weighted by atomic mass is 16.3. The zero-order chi connectivity index (χ0) is 21.1. The van der Waals surface area contributed by atoms with E-state index in [0.29, 0.717) is 17.4 Å². The molecule has 0 spiro atoms. The van der Waals surface area contributed by atoms with E-state index in [9.17, 15) is 0 Å². The van der Waals surface area contributed by atoms with Gasteiger partial charge in [0.25, 0.3) is 0 Å². The largest absolute Gasteiger partial charge is 0.456 e. The minimum atomic E-state index is -0.809. The summed E-state index contributed by atoms with van der Waals surface area (Å²) in [6.45, 7) is 15.0. The summed E-state index contributed by atoms with van der Waals surface area (Å²) < 4.78 is 24.9. The van der Waals surface area contributed by atoms with Gasteiger partial charge < -0.3 is 4.42 Å². The number of hydrogen-bond acceptors (Lipinski definition) is 1. The Balaban J connectivity index is 2.12. The zero-order valence-electron chi connectivity index (χ0n) is 18.3. The Morgan fingerprint density at radius 2 is 1.89 bits per heavy atom. The molecule has 0 radical (unpaired) electrons. The van der Waals surface area contributed by atoms with Crippen molar-refractivity contribution in [1.82, 2.24) is 0 Å². The van der Waals surface area contributed by atoms with Crippen LogP contribution in [0.25, 0.3) is 38.0 Å². The van der Waals surface area contributed by atoms with Crippen molar-refractivity contribution in [2.45, 2.75) is 33.6 Å². The third kappa shape index (κ3) is 2.69. The molecule has 0 aliphatic rings. The van der Waals surface area contributed by atoms with Gasteiger partial charge in [-0.2, -0.15) is 0 Å². The Kier molecular flexibility index (Phi) is 3.47.